The molecule has 0 N–H and O–H groups in total. The van der Waals surface area contributed by atoms with Crippen LogP contribution >= 0.6 is 0 Å². The molecule has 0 radical (unpaired) electrons. The van der Waals surface area contributed by atoms with E-state index < -0.39 is 0 Å². The van der Waals surface area contributed by atoms with Gasteiger partial charge < -0.3 is 18.8 Å². The number of carbonyl (C=O) groups excluding carboxylic acids is 3. The smallest absolute Gasteiger partial charge is 0.289 e. The molecule has 2 aromatic carbocycles. The molecular weight excluding hydrogens is 448 g/mol. The minimum Gasteiger partial charge on any atom is -0.485 e. The first kappa shape index (κ1) is 24.1. The number of anilines is 1. The van der Waals surface area contributed by atoms with E-state index in [0.29, 0.717) is 35.1 Å². The number of nitrogens with zero attached hydrogens (tertiary/aromatic N) is 2. The van der Waals surface area contributed by atoms with Crippen molar-refractivity contribution in [1.82, 2.24) is 4.90 Å². The molecule has 0 spiro atoms. The van der Waals surface area contributed by atoms with E-state index in [1.807, 2.05) is 39.0 Å². The highest BCUT2D eigenvalue weighted by molar-refractivity contribution is 6.02. The summed E-state index contributed by atoms with van der Waals surface area (Å²) in [6.45, 7) is 6.20. The number of ketones is 1. The Morgan fingerprint density at radius 2 is 1.89 bits per heavy atom. The maximum atomic E-state index is 12.9. The van der Waals surface area contributed by atoms with E-state index in [4.69, 9.17) is 13.9 Å². The van der Waals surface area contributed by atoms with Crippen LogP contribution in [0.15, 0.2) is 52.9 Å². The van der Waals surface area contributed by atoms with Crippen molar-refractivity contribution in [2.45, 2.75) is 27.3 Å². The third-order valence-electron chi connectivity index (χ3n) is 5.92. The Bertz CT molecular complexity index is 1280. The second-order valence-electron chi connectivity index (χ2n) is 8.52. The van der Waals surface area contributed by atoms with Gasteiger partial charge >= 0.3 is 0 Å². The molecule has 182 valence electrons. The molecule has 4 rings (SSSR count). The van der Waals surface area contributed by atoms with Crippen molar-refractivity contribution in [3.8, 4) is 11.5 Å². The predicted molar refractivity (Wildman–Crippen MR) is 130 cm³/mol. The van der Waals surface area contributed by atoms with Crippen LogP contribution in [0, 0.1) is 13.8 Å². The topological polar surface area (TPSA) is 89.3 Å². The third-order valence-corrected chi connectivity index (χ3v) is 5.92. The normalized spacial score (nSPS) is 12.7. The molecule has 2 heterocycles. The number of hydrogen-bond acceptors (Lipinski definition) is 6. The van der Waals surface area contributed by atoms with Crippen LogP contribution in [0.1, 0.15) is 44.7 Å². The highest BCUT2D eigenvalue weighted by Gasteiger charge is 2.28. The molecule has 0 bridgehead atoms. The molecule has 1 aliphatic rings. The van der Waals surface area contributed by atoms with Crippen molar-refractivity contribution in [1.29, 1.82) is 0 Å². The van der Waals surface area contributed by atoms with Crippen LogP contribution in [-0.4, -0.2) is 49.3 Å². The molecule has 0 aliphatic carbocycles. The van der Waals surface area contributed by atoms with Crippen LogP contribution in [0.25, 0.3) is 0 Å². The number of amides is 2. The van der Waals surface area contributed by atoms with E-state index in [2.05, 4.69) is 0 Å². The molecule has 0 unspecified atom stereocenters. The minimum absolute atomic E-state index is 0.106. The van der Waals surface area contributed by atoms with Gasteiger partial charge in [0, 0.05) is 19.2 Å². The van der Waals surface area contributed by atoms with Crippen molar-refractivity contribution in [2.24, 2.45) is 0 Å². The maximum absolute atomic E-state index is 12.9. The van der Waals surface area contributed by atoms with Gasteiger partial charge in [-0.3, -0.25) is 19.3 Å². The van der Waals surface area contributed by atoms with Gasteiger partial charge in [-0.15, -0.1) is 0 Å². The zero-order chi connectivity index (χ0) is 25.1. The summed E-state index contributed by atoms with van der Waals surface area (Å²) in [7, 11) is 1.69. The SMILES string of the molecule is CCN(C)C(=O)c1ccc(CN2C(=O)COc3ccc(C(=O)COc4ccc(C)cc4C)cc32)o1. The molecule has 1 aliphatic heterocycles. The second-order valence-corrected chi connectivity index (χ2v) is 8.52. The summed E-state index contributed by atoms with van der Waals surface area (Å²) in [5, 5.41) is 0. The number of furan rings is 1. The second kappa shape index (κ2) is 10.0. The van der Waals surface area contributed by atoms with Gasteiger partial charge in [-0.2, -0.15) is 0 Å². The number of hydrogen-bond donors (Lipinski definition) is 0. The molecule has 2 amide bonds. The molecule has 0 atom stereocenters. The summed E-state index contributed by atoms with van der Waals surface area (Å²) in [5.74, 6) is 1.07. The lowest BCUT2D eigenvalue weighted by Crippen LogP contribution is -2.38. The van der Waals surface area contributed by atoms with E-state index in [-0.39, 0.29) is 43.1 Å². The minimum atomic E-state index is -0.274. The lowest BCUT2D eigenvalue weighted by atomic mass is 10.1. The lowest BCUT2D eigenvalue weighted by Gasteiger charge is -2.29. The molecule has 3 aromatic rings. The molecule has 8 heteroatoms. The number of rotatable bonds is 8. The highest BCUT2D eigenvalue weighted by atomic mass is 16.5. The lowest BCUT2D eigenvalue weighted by molar-refractivity contribution is -0.121. The van der Waals surface area contributed by atoms with Gasteiger partial charge in [0.05, 0.1) is 12.2 Å². The van der Waals surface area contributed by atoms with Crippen LogP contribution < -0.4 is 14.4 Å². The summed E-state index contributed by atoms with van der Waals surface area (Å²) in [6.07, 6.45) is 0. The first-order valence-corrected chi connectivity index (χ1v) is 11.4. The van der Waals surface area contributed by atoms with Crippen LogP contribution in [0.4, 0.5) is 5.69 Å². The standard InChI is InChI=1S/C27H28N2O6/c1-5-28(4)27(32)25-11-8-20(35-25)14-29-21-13-19(7-10-24(21)34-16-26(29)31)22(30)15-33-23-9-6-17(2)12-18(23)3/h6-13H,5,14-16H2,1-4H3. The fourth-order valence-corrected chi connectivity index (χ4v) is 3.80. The van der Waals surface area contributed by atoms with Crippen LogP contribution in [0.3, 0.4) is 0 Å². The number of ether oxygens (including phenoxy) is 2. The fraction of sp³-hybridized carbons (Fsp3) is 0.296. The zero-order valence-corrected chi connectivity index (χ0v) is 20.3. The van der Waals surface area contributed by atoms with Crippen molar-refractivity contribution < 1.29 is 28.3 Å². The van der Waals surface area contributed by atoms with Crippen LogP contribution in [0.5, 0.6) is 11.5 Å². The van der Waals surface area contributed by atoms with Gasteiger partial charge in [0.1, 0.15) is 17.3 Å². The average molecular weight is 477 g/mol. The number of benzene rings is 2. The Hall–Kier alpha value is -4.07. The Morgan fingerprint density at radius 3 is 2.63 bits per heavy atom. The van der Waals surface area contributed by atoms with E-state index in [9.17, 15) is 14.4 Å². The Morgan fingerprint density at radius 1 is 1.09 bits per heavy atom. The largest absolute Gasteiger partial charge is 0.485 e. The monoisotopic (exact) mass is 476 g/mol. The van der Waals surface area contributed by atoms with Gasteiger partial charge in [0.2, 0.25) is 0 Å². The molecule has 35 heavy (non-hydrogen) atoms. The first-order chi connectivity index (χ1) is 16.8. The van der Waals surface area contributed by atoms with Crippen molar-refractivity contribution in [3.05, 3.63) is 76.7 Å². The number of aryl methyl sites for hydroxylation is 2. The predicted octanol–water partition coefficient (Wildman–Crippen LogP) is 4.18. The molecule has 1 aromatic heterocycles. The number of Topliss-reactive ketones (excluding diaryl/α,β-unsaturated/α-hetero) is 1. The van der Waals surface area contributed by atoms with E-state index in [1.165, 1.54) is 9.80 Å². The molecule has 0 saturated heterocycles. The Balaban J connectivity index is 1.52. The number of fused-ring (bicyclic) bond motifs is 1. The van der Waals surface area contributed by atoms with Crippen LogP contribution in [0.2, 0.25) is 0 Å². The van der Waals surface area contributed by atoms with Crippen molar-refractivity contribution in [3.63, 3.8) is 0 Å². The maximum Gasteiger partial charge on any atom is 0.289 e. The molecule has 0 fully saturated rings. The van der Waals surface area contributed by atoms with Crippen molar-refractivity contribution in [2.75, 3.05) is 31.7 Å². The van der Waals surface area contributed by atoms with Gasteiger partial charge in [-0.25, -0.2) is 0 Å². The van der Waals surface area contributed by atoms with E-state index in [0.717, 1.165) is 11.1 Å². The third kappa shape index (κ3) is 5.21. The van der Waals surface area contributed by atoms with E-state index in [1.54, 1.807) is 37.4 Å². The summed E-state index contributed by atoms with van der Waals surface area (Å²) in [4.78, 5) is 40.9. The summed E-state index contributed by atoms with van der Waals surface area (Å²) in [5.41, 5.74) is 2.94. The quantitative estimate of drug-likeness (QED) is 0.453. The zero-order valence-electron chi connectivity index (χ0n) is 20.3. The van der Waals surface area contributed by atoms with Crippen molar-refractivity contribution >= 4 is 23.3 Å². The molecular formula is C27H28N2O6. The van der Waals surface area contributed by atoms with Gasteiger partial charge in [-0.1, -0.05) is 17.7 Å². The van der Waals surface area contributed by atoms with Gasteiger partial charge in [-0.05, 0) is 62.7 Å². The van der Waals surface area contributed by atoms with E-state index >= 15 is 0 Å². The Kier molecular flexibility index (Phi) is 6.91. The molecule has 0 saturated carbocycles. The van der Waals surface area contributed by atoms with Gasteiger partial charge in [0.15, 0.2) is 24.8 Å². The first-order valence-electron chi connectivity index (χ1n) is 11.4. The van der Waals surface area contributed by atoms with Crippen LogP contribution in [-0.2, 0) is 11.3 Å². The number of carbonyl (C=O) groups is 3. The summed E-state index contributed by atoms with van der Waals surface area (Å²) in [6, 6.07) is 14.0. The Labute approximate surface area is 204 Å². The fourth-order valence-electron chi connectivity index (χ4n) is 3.80. The average Bonchev–Trinajstić information content (AvgIpc) is 3.32. The van der Waals surface area contributed by atoms with Gasteiger partial charge in [0.25, 0.3) is 11.8 Å². The highest BCUT2D eigenvalue weighted by Crippen LogP contribution is 2.34. The summed E-state index contributed by atoms with van der Waals surface area (Å²) >= 11 is 0. The molecule has 8 nitrogen and oxygen atoms in total. The summed E-state index contributed by atoms with van der Waals surface area (Å²) < 4.78 is 17.0.